The minimum Gasteiger partial charge on any atom is -0.329 e. The Morgan fingerprint density at radius 2 is 2.00 bits per heavy atom. The average Bonchev–Trinajstić information content (AvgIpc) is 2.49. The van der Waals surface area contributed by atoms with Crippen molar-refractivity contribution in [1.82, 2.24) is 8.61 Å². The molecule has 1 aliphatic rings. The van der Waals surface area contributed by atoms with Crippen LogP contribution in [0.25, 0.3) is 0 Å². The van der Waals surface area contributed by atoms with Gasteiger partial charge in [0.05, 0.1) is 0 Å². The number of piperidine rings is 1. The Hall–Kier alpha value is -0.660. The highest BCUT2D eigenvalue weighted by Crippen LogP contribution is 2.22. The zero-order valence-electron chi connectivity index (χ0n) is 12.2. The summed E-state index contributed by atoms with van der Waals surface area (Å²) in [6.45, 7) is 1.25. The molecule has 1 aliphatic heterocycles. The van der Waals surface area contributed by atoms with Gasteiger partial charge < -0.3 is 5.73 Å². The lowest BCUT2D eigenvalue weighted by Gasteiger charge is -2.36. The molecule has 0 aliphatic carbocycles. The smallest absolute Gasteiger partial charge is 0.282 e. The van der Waals surface area contributed by atoms with Gasteiger partial charge in [0.25, 0.3) is 10.2 Å². The molecule has 2 rings (SSSR count). The van der Waals surface area contributed by atoms with E-state index in [0.717, 1.165) is 24.8 Å². The van der Waals surface area contributed by atoms with Crippen LogP contribution < -0.4 is 5.73 Å². The highest BCUT2D eigenvalue weighted by molar-refractivity contribution is 7.86. The van der Waals surface area contributed by atoms with Gasteiger partial charge in [0.15, 0.2) is 0 Å². The van der Waals surface area contributed by atoms with Crippen molar-refractivity contribution in [3.05, 3.63) is 34.9 Å². The second kappa shape index (κ2) is 7.07. The van der Waals surface area contributed by atoms with E-state index in [1.807, 2.05) is 12.1 Å². The molecule has 0 aromatic heterocycles. The summed E-state index contributed by atoms with van der Waals surface area (Å²) in [6, 6.07) is 7.12. The Morgan fingerprint density at radius 1 is 1.33 bits per heavy atom. The lowest BCUT2D eigenvalue weighted by atomic mass is 10.1. The summed E-state index contributed by atoms with van der Waals surface area (Å²) in [5, 5.41) is 0.642. The Morgan fingerprint density at radius 3 is 2.62 bits per heavy atom. The molecule has 2 N–H and O–H groups in total. The standard InChI is InChI=1S/C14H22ClN3O2S/c1-17(11-12-5-7-13(15)8-6-12)21(19,20)18-9-3-2-4-14(18)10-16/h5-8,14H,2-4,9-11,16H2,1H3. The topological polar surface area (TPSA) is 66.6 Å². The number of hydrogen-bond acceptors (Lipinski definition) is 3. The van der Waals surface area contributed by atoms with Crippen LogP contribution in [0.3, 0.4) is 0 Å². The first kappa shape index (κ1) is 16.7. The molecule has 1 fully saturated rings. The van der Waals surface area contributed by atoms with E-state index in [-0.39, 0.29) is 6.04 Å². The third-order valence-electron chi connectivity index (χ3n) is 3.85. The van der Waals surface area contributed by atoms with Gasteiger partial charge in [-0.3, -0.25) is 0 Å². The van der Waals surface area contributed by atoms with Gasteiger partial charge in [-0.05, 0) is 30.5 Å². The number of benzene rings is 1. The third-order valence-corrected chi connectivity index (χ3v) is 6.10. The zero-order chi connectivity index (χ0) is 15.5. The summed E-state index contributed by atoms with van der Waals surface area (Å²) < 4.78 is 28.3. The molecule has 0 amide bonds. The molecule has 5 nitrogen and oxygen atoms in total. The van der Waals surface area contributed by atoms with Crippen molar-refractivity contribution in [2.75, 3.05) is 20.1 Å². The van der Waals surface area contributed by atoms with Gasteiger partial charge in [0.1, 0.15) is 0 Å². The number of hydrogen-bond donors (Lipinski definition) is 1. The molecule has 21 heavy (non-hydrogen) atoms. The van der Waals surface area contributed by atoms with Crippen molar-refractivity contribution in [2.45, 2.75) is 31.8 Å². The Balaban J connectivity index is 2.12. The summed E-state index contributed by atoms with van der Waals surface area (Å²) in [5.74, 6) is 0. The molecule has 0 spiro atoms. The van der Waals surface area contributed by atoms with Crippen LogP contribution in [-0.2, 0) is 16.8 Å². The molecule has 0 saturated carbocycles. The van der Waals surface area contributed by atoms with Crippen LogP contribution >= 0.6 is 11.6 Å². The number of halogens is 1. The highest BCUT2D eigenvalue weighted by Gasteiger charge is 2.34. The molecular formula is C14H22ClN3O2S. The number of rotatable bonds is 5. The molecule has 1 aromatic carbocycles. The number of nitrogens with zero attached hydrogens (tertiary/aromatic N) is 2. The summed E-state index contributed by atoms with van der Waals surface area (Å²) >= 11 is 5.84. The monoisotopic (exact) mass is 331 g/mol. The second-order valence-corrected chi connectivity index (χ2v) is 7.81. The first-order valence-electron chi connectivity index (χ1n) is 7.12. The van der Waals surface area contributed by atoms with Crippen molar-refractivity contribution < 1.29 is 8.42 Å². The van der Waals surface area contributed by atoms with E-state index in [1.165, 1.54) is 4.31 Å². The van der Waals surface area contributed by atoms with Crippen LogP contribution in [0.15, 0.2) is 24.3 Å². The molecule has 7 heteroatoms. The largest absolute Gasteiger partial charge is 0.329 e. The van der Waals surface area contributed by atoms with Crippen LogP contribution in [0, 0.1) is 0 Å². The van der Waals surface area contributed by atoms with Crippen molar-refractivity contribution in [2.24, 2.45) is 5.73 Å². The fraction of sp³-hybridized carbons (Fsp3) is 0.571. The van der Waals surface area contributed by atoms with Crippen LogP contribution in [0.1, 0.15) is 24.8 Å². The van der Waals surface area contributed by atoms with Crippen molar-refractivity contribution in [1.29, 1.82) is 0 Å². The van der Waals surface area contributed by atoms with Gasteiger partial charge in [0, 0.05) is 37.7 Å². The summed E-state index contributed by atoms with van der Waals surface area (Å²) in [7, 11) is -1.87. The molecule has 118 valence electrons. The van der Waals surface area contributed by atoms with E-state index in [0.29, 0.717) is 24.7 Å². The molecule has 1 heterocycles. The fourth-order valence-corrected chi connectivity index (χ4v) is 4.35. The van der Waals surface area contributed by atoms with E-state index < -0.39 is 10.2 Å². The average molecular weight is 332 g/mol. The number of nitrogens with two attached hydrogens (primary N) is 1. The SMILES string of the molecule is CN(Cc1ccc(Cl)cc1)S(=O)(=O)N1CCCCC1CN. The van der Waals surface area contributed by atoms with E-state index in [2.05, 4.69) is 0 Å². The minimum absolute atomic E-state index is 0.0867. The maximum Gasteiger partial charge on any atom is 0.282 e. The maximum atomic E-state index is 12.7. The molecule has 0 radical (unpaired) electrons. The fourth-order valence-electron chi connectivity index (χ4n) is 2.62. The Kier molecular flexibility index (Phi) is 5.62. The highest BCUT2D eigenvalue weighted by atomic mass is 35.5. The van der Waals surface area contributed by atoms with Gasteiger partial charge in [-0.1, -0.05) is 30.2 Å². The molecule has 0 bridgehead atoms. The lowest BCUT2D eigenvalue weighted by molar-refractivity contribution is 0.240. The van der Waals surface area contributed by atoms with Gasteiger partial charge >= 0.3 is 0 Å². The Bertz CT molecular complexity index is 562. The van der Waals surface area contributed by atoms with Crippen LogP contribution in [0.2, 0.25) is 5.02 Å². The van der Waals surface area contributed by atoms with Gasteiger partial charge in [0.2, 0.25) is 0 Å². The quantitative estimate of drug-likeness (QED) is 0.895. The van der Waals surface area contributed by atoms with Gasteiger partial charge in [-0.2, -0.15) is 17.0 Å². The molecule has 1 saturated heterocycles. The van der Waals surface area contributed by atoms with E-state index in [4.69, 9.17) is 17.3 Å². The van der Waals surface area contributed by atoms with Crippen molar-refractivity contribution in [3.63, 3.8) is 0 Å². The second-order valence-electron chi connectivity index (χ2n) is 5.39. The molecule has 1 aromatic rings. The van der Waals surface area contributed by atoms with Crippen molar-refractivity contribution >= 4 is 21.8 Å². The van der Waals surface area contributed by atoms with Gasteiger partial charge in [-0.15, -0.1) is 0 Å². The molecule has 1 atom stereocenters. The predicted molar refractivity (Wildman–Crippen MR) is 85.2 cm³/mol. The predicted octanol–water partition coefficient (Wildman–Crippen LogP) is 1.83. The lowest BCUT2D eigenvalue weighted by Crippen LogP contribution is -2.51. The Labute approximate surface area is 131 Å². The van der Waals surface area contributed by atoms with Gasteiger partial charge in [-0.25, -0.2) is 0 Å². The van der Waals surface area contributed by atoms with E-state index in [9.17, 15) is 8.42 Å². The third kappa shape index (κ3) is 3.96. The van der Waals surface area contributed by atoms with Crippen molar-refractivity contribution in [3.8, 4) is 0 Å². The minimum atomic E-state index is -3.48. The van der Waals surface area contributed by atoms with Crippen LogP contribution in [-0.4, -0.2) is 43.2 Å². The van der Waals surface area contributed by atoms with Crippen LogP contribution in [0.5, 0.6) is 0 Å². The molecule has 1 unspecified atom stereocenters. The normalized spacial score (nSPS) is 20.9. The zero-order valence-corrected chi connectivity index (χ0v) is 13.8. The first-order chi connectivity index (χ1) is 9.95. The summed E-state index contributed by atoms with van der Waals surface area (Å²) in [6.07, 6.45) is 2.77. The maximum absolute atomic E-state index is 12.7. The van der Waals surface area contributed by atoms with E-state index >= 15 is 0 Å². The van der Waals surface area contributed by atoms with Crippen LogP contribution in [0.4, 0.5) is 0 Å². The molecular weight excluding hydrogens is 310 g/mol. The van der Waals surface area contributed by atoms with E-state index in [1.54, 1.807) is 23.5 Å². The summed E-state index contributed by atoms with van der Waals surface area (Å²) in [5.41, 5.74) is 6.63. The summed E-state index contributed by atoms with van der Waals surface area (Å²) in [4.78, 5) is 0. The first-order valence-corrected chi connectivity index (χ1v) is 8.90.